The Morgan fingerprint density at radius 3 is 2.96 bits per heavy atom. The van der Waals surface area contributed by atoms with Gasteiger partial charge in [-0.2, -0.15) is 4.68 Å². The molecule has 0 saturated carbocycles. The minimum absolute atomic E-state index is 0.141. The van der Waals surface area contributed by atoms with Crippen LogP contribution in [-0.2, 0) is 4.79 Å². The Morgan fingerprint density at radius 1 is 1.25 bits per heavy atom. The third-order valence-corrected chi connectivity index (χ3v) is 4.92. The maximum atomic E-state index is 12.4. The molecule has 1 amide bonds. The molecule has 4 rings (SSSR count). The van der Waals surface area contributed by atoms with Gasteiger partial charge in [0.15, 0.2) is 11.5 Å². The van der Waals surface area contributed by atoms with Gasteiger partial charge in [0.05, 0.1) is 24.2 Å². The zero-order valence-electron chi connectivity index (χ0n) is 15.2. The molecule has 3 aromatic rings. The van der Waals surface area contributed by atoms with Crippen LogP contribution in [0, 0.1) is 6.92 Å². The van der Waals surface area contributed by atoms with E-state index in [9.17, 15) is 4.79 Å². The highest BCUT2D eigenvalue weighted by atomic mass is 32.2. The van der Waals surface area contributed by atoms with E-state index in [1.54, 1.807) is 23.9 Å². The van der Waals surface area contributed by atoms with Crippen LogP contribution in [0.5, 0.6) is 17.2 Å². The Bertz CT molecular complexity index is 1020. The fraction of sp³-hybridized carbons (Fsp3) is 0.222. The summed E-state index contributed by atoms with van der Waals surface area (Å²) in [7, 11) is 1.56. The number of anilines is 1. The molecular weight excluding hydrogens is 382 g/mol. The summed E-state index contributed by atoms with van der Waals surface area (Å²) in [5.41, 5.74) is 2.37. The standard InChI is InChI=1S/C18H17N5O4S/c1-11-3-5-14(25-2)13(7-11)19-17(24)9-28-18-20-21-22-23(18)12-4-6-15-16(8-12)27-10-26-15/h3-8H,9-10H2,1-2H3,(H,19,24). The zero-order valence-corrected chi connectivity index (χ0v) is 16.0. The number of hydrogen-bond acceptors (Lipinski definition) is 8. The first kappa shape index (κ1) is 18.1. The Morgan fingerprint density at radius 2 is 2.11 bits per heavy atom. The molecule has 28 heavy (non-hydrogen) atoms. The van der Waals surface area contributed by atoms with Gasteiger partial charge in [-0.3, -0.25) is 4.79 Å². The lowest BCUT2D eigenvalue weighted by molar-refractivity contribution is -0.113. The van der Waals surface area contributed by atoms with Crippen molar-refractivity contribution in [3.63, 3.8) is 0 Å². The van der Waals surface area contributed by atoms with Gasteiger partial charge < -0.3 is 19.5 Å². The number of nitrogens with one attached hydrogen (secondary N) is 1. The second-order valence-electron chi connectivity index (χ2n) is 5.95. The van der Waals surface area contributed by atoms with E-state index in [0.29, 0.717) is 28.1 Å². The molecule has 0 aliphatic carbocycles. The number of hydrogen-bond donors (Lipinski definition) is 1. The van der Waals surface area contributed by atoms with E-state index in [0.717, 1.165) is 11.3 Å². The lowest BCUT2D eigenvalue weighted by Crippen LogP contribution is -2.15. The predicted molar refractivity (Wildman–Crippen MR) is 102 cm³/mol. The molecule has 9 nitrogen and oxygen atoms in total. The van der Waals surface area contributed by atoms with Crippen molar-refractivity contribution >= 4 is 23.4 Å². The van der Waals surface area contributed by atoms with Gasteiger partial charge in [0.25, 0.3) is 0 Å². The summed E-state index contributed by atoms with van der Waals surface area (Å²) in [6.45, 7) is 2.14. The number of fused-ring (bicyclic) bond motifs is 1. The van der Waals surface area contributed by atoms with Crippen molar-refractivity contribution < 1.29 is 19.0 Å². The van der Waals surface area contributed by atoms with Crippen LogP contribution in [0.4, 0.5) is 5.69 Å². The van der Waals surface area contributed by atoms with Gasteiger partial charge in [0.1, 0.15) is 5.75 Å². The highest BCUT2D eigenvalue weighted by molar-refractivity contribution is 7.99. The molecule has 1 aliphatic heterocycles. The predicted octanol–water partition coefficient (Wildman–Crippen LogP) is 2.44. The van der Waals surface area contributed by atoms with E-state index in [2.05, 4.69) is 20.8 Å². The fourth-order valence-corrected chi connectivity index (χ4v) is 3.37. The van der Waals surface area contributed by atoms with Gasteiger partial charge in [0.2, 0.25) is 17.9 Å². The number of rotatable bonds is 6. The summed E-state index contributed by atoms with van der Waals surface area (Å²) in [5, 5.41) is 15.1. The molecule has 0 radical (unpaired) electrons. The van der Waals surface area contributed by atoms with Gasteiger partial charge in [-0.05, 0) is 47.2 Å². The van der Waals surface area contributed by atoms with Crippen molar-refractivity contribution in [2.45, 2.75) is 12.1 Å². The molecular formula is C18H17N5O4S. The number of aromatic nitrogens is 4. The van der Waals surface area contributed by atoms with Gasteiger partial charge in [-0.25, -0.2) is 0 Å². The number of methoxy groups -OCH3 is 1. The Kier molecular flexibility index (Phi) is 5.02. The van der Waals surface area contributed by atoms with Gasteiger partial charge in [0, 0.05) is 6.07 Å². The number of tetrazole rings is 1. The fourth-order valence-electron chi connectivity index (χ4n) is 2.68. The number of nitrogens with zero attached hydrogens (tertiary/aromatic N) is 4. The molecule has 0 spiro atoms. The molecule has 144 valence electrons. The van der Waals surface area contributed by atoms with Crippen LogP contribution in [0.2, 0.25) is 0 Å². The van der Waals surface area contributed by atoms with Crippen LogP contribution >= 0.6 is 11.8 Å². The Hall–Kier alpha value is -3.27. The second-order valence-corrected chi connectivity index (χ2v) is 6.89. The molecule has 1 aliphatic rings. The first-order chi connectivity index (χ1) is 13.6. The van der Waals surface area contributed by atoms with Crippen LogP contribution < -0.4 is 19.5 Å². The molecule has 0 atom stereocenters. The minimum Gasteiger partial charge on any atom is -0.495 e. The number of carbonyl (C=O) groups is 1. The molecule has 0 bridgehead atoms. The van der Waals surface area contributed by atoms with E-state index >= 15 is 0 Å². The third kappa shape index (κ3) is 3.72. The average Bonchev–Trinajstić information content (AvgIpc) is 3.35. The molecule has 10 heteroatoms. The van der Waals surface area contributed by atoms with Crippen LogP contribution in [0.25, 0.3) is 5.69 Å². The minimum atomic E-state index is -0.186. The normalized spacial score (nSPS) is 12.1. The van der Waals surface area contributed by atoms with Crippen LogP contribution in [0.15, 0.2) is 41.6 Å². The largest absolute Gasteiger partial charge is 0.495 e. The summed E-state index contributed by atoms with van der Waals surface area (Å²) < 4.78 is 17.5. The van der Waals surface area contributed by atoms with Gasteiger partial charge >= 0.3 is 0 Å². The summed E-state index contributed by atoms with van der Waals surface area (Å²) in [6.07, 6.45) is 0. The van der Waals surface area contributed by atoms with E-state index in [1.807, 2.05) is 31.2 Å². The maximum absolute atomic E-state index is 12.4. The summed E-state index contributed by atoms with van der Waals surface area (Å²) >= 11 is 1.23. The molecule has 0 saturated heterocycles. The van der Waals surface area contributed by atoms with Crippen molar-refractivity contribution in [3.8, 4) is 22.9 Å². The molecule has 0 fully saturated rings. The van der Waals surface area contributed by atoms with Gasteiger partial charge in [-0.1, -0.05) is 17.8 Å². The SMILES string of the molecule is COc1ccc(C)cc1NC(=O)CSc1nnnn1-c1ccc2c(c1)OCO2. The maximum Gasteiger partial charge on any atom is 0.234 e. The number of aryl methyl sites for hydroxylation is 1. The topological polar surface area (TPSA) is 100 Å². The monoisotopic (exact) mass is 399 g/mol. The van der Waals surface area contributed by atoms with Gasteiger partial charge in [-0.15, -0.1) is 5.10 Å². The van der Waals surface area contributed by atoms with Crippen LogP contribution in [0.3, 0.4) is 0 Å². The van der Waals surface area contributed by atoms with E-state index < -0.39 is 0 Å². The second kappa shape index (κ2) is 7.77. The lowest BCUT2D eigenvalue weighted by Gasteiger charge is -2.11. The highest BCUT2D eigenvalue weighted by Gasteiger charge is 2.17. The number of carbonyl (C=O) groups excluding carboxylic acids is 1. The summed E-state index contributed by atoms with van der Waals surface area (Å²) in [4.78, 5) is 12.4. The van der Waals surface area contributed by atoms with Crippen LogP contribution in [0.1, 0.15) is 5.56 Å². The third-order valence-electron chi connectivity index (χ3n) is 4.00. The zero-order chi connectivity index (χ0) is 19.5. The van der Waals surface area contributed by atoms with Crippen molar-refractivity contribution in [3.05, 3.63) is 42.0 Å². The Labute approximate surface area is 165 Å². The van der Waals surface area contributed by atoms with Crippen molar-refractivity contribution in [2.75, 3.05) is 25.0 Å². The van der Waals surface area contributed by atoms with E-state index in [4.69, 9.17) is 14.2 Å². The highest BCUT2D eigenvalue weighted by Crippen LogP contribution is 2.34. The van der Waals surface area contributed by atoms with Crippen molar-refractivity contribution in [1.82, 2.24) is 20.2 Å². The Balaban J connectivity index is 1.44. The summed E-state index contributed by atoms with van der Waals surface area (Å²) in [6, 6.07) is 11.0. The summed E-state index contributed by atoms with van der Waals surface area (Å²) in [5.74, 6) is 1.87. The molecule has 1 N–H and O–H groups in total. The van der Waals surface area contributed by atoms with Crippen molar-refractivity contribution in [2.24, 2.45) is 0 Å². The quantitative estimate of drug-likeness (QED) is 0.631. The number of thioether (sulfide) groups is 1. The van der Waals surface area contributed by atoms with E-state index in [1.165, 1.54) is 11.8 Å². The lowest BCUT2D eigenvalue weighted by atomic mass is 10.2. The van der Waals surface area contributed by atoms with Crippen molar-refractivity contribution in [1.29, 1.82) is 0 Å². The van der Waals surface area contributed by atoms with Crippen LogP contribution in [-0.4, -0.2) is 45.8 Å². The molecule has 1 aromatic heterocycles. The molecule has 2 aromatic carbocycles. The molecule has 2 heterocycles. The number of benzene rings is 2. The first-order valence-electron chi connectivity index (χ1n) is 8.40. The molecule has 0 unspecified atom stereocenters. The first-order valence-corrected chi connectivity index (χ1v) is 9.38. The number of ether oxygens (including phenoxy) is 3. The number of amides is 1. The van der Waals surface area contributed by atoms with E-state index in [-0.39, 0.29) is 18.5 Å². The average molecular weight is 399 g/mol. The smallest absolute Gasteiger partial charge is 0.234 e.